The van der Waals surface area contributed by atoms with E-state index in [2.05, 4.69) is 11.4 Å². The second-order valence-electron chi connectivity index (χ2n) is 8.81. The lowest BCUT2D eigenvalue weighted by atomic mass is 9.90. The number of esters is 1. The summed E-state index contributed by atoms with van der Waals surface area (Å²) in [6.07, 6.45) is -0.755. The summed E-state index contributed by atoms with van der Waals surface area (Å²) >= 11 is 0. The fraction of sp³-hybridized carbons (Fsp3) is 0.522. The molecule has 8 heteroatoms. The monoisotopic (exact) mass is 427 g/mol. The van der Waals surface area contributed by atoms with Gasteiger partial charge in [-0.1, -0.05) is 13.8 Å². The minimum Gasteiger partial charge on any atom is -0.469 e. The second kappa shape index (κ2) is 8.79. The van der Waals surface area contributed by atoms with Crippen molar-refractivity contribution in [1.82, 2.24) is 10.2 Å². The van der Waals surface area contributed by atoms with Gasteiger partial charge in [0.15, 0.2) is 6.35 Å². The lowest BCUT2D eigenvalue weighted by molar-refractivity contribution is -0.142. The number of benzene rings is 1. The summed E-state index contributed by atoms with van der Waals surface area (Å²) < 4.78 is 4.82. The molecule has 1 heterocycles. The van der Waals surface area contributed by atoms with Crippen LogP contribution in [-0.4, -0.2) is 53.1 Å². The number of hydrogen-bond acceptors (Lipinski definition) is 8. The molecule has 1 aliphatic carbocycles. The van der Waals surface area contributed by atoms with Gasteiger partial charge in [0, 0.05) is 17.7 Å². The van der Waals surface area contributed by atoms with Gasteiger partial charge in [0.1, 0.15) is 6.23 Å². The van der Waals surface area contributed by atoms with E-state index in [1.807, 2.05) is 13.8 Å². The van der Waals surface area contributed by atoms with Crippen molar-refractivity contribution >= 4 is 11.8 Å². The summed E-state index contributed by atoms with van der Waals surface area (Å²) in [6.45, 7) is 5.79. The summed E-state index contributed by atoms with van der Waals surface area (Å²) in [4.78, 5) is 27.1. The van der Waals surface area contributed by atoms with E-state index < -0.39 is 18.0 Å². The number of nitrogens with zero attached hydrogens (tertiary/aromatic N) is 2. The molecule has 2 atom stereocenters. The molecule has 0 radical (unpaired) electrons. The first-order valence-electron chi connectivity index (χ1n) is 10.4. The maximum absolute atomic E-state index is 13.7. The standard InChI is InChI=1S/C23H29N3O5/c1-13(2)18-19(20(28)16-8-14(3)7-15(9-16)11-24)26(22(30)25-21(18)29)12-23(5-6-23)10-17(27)31-4/h7-9,13,21-22,25,29-30H,5-6,10,12H2,1-4H3. The Kier molecular flexibility index (Phi) is 6.51. The minimum absolute atomic E-state index is 0.188. The predicted octanol–water partition coefficient (Wildman–Crippen LogP) is 1.80. The highest BCUT2D eigenvalue weighted by Crippen LogP contribution is 2.50. The van der Waals surface area contributed by atoms with E-state index in [0.29, 0.717) is 16.7 Å². The third-order valence-corrected chi connectivity index (χ3v) is 5.97. The number of rotatable bonds is 7. The van der Waals surface area contributed by atoms with Crippen molar-refractivity contribution in [2.24, 2.45) is 11.3 Å². The summed E-state index contributed by atoms with van der Waals surface area (Å²) in [7, 11) is 1.34. The number of aliphatic hydroxyl groups excluding tert-OH is 2. The fourth-order valence-corrected chi connectivity index (χ4v) is 4.18. The van der Waals surface area contributed by atoms with Gasteiger partial charge in [-0.3, -0.25) is 9.59 Å². The quantitative estimate of drug-likeness (QED) is 0.445. The van der Waals surface area contributed by atoms with Crippen molar-refractivity contribution in [1.29, 1.82) is 5.26 Å². The van der Waals surface area contributed by atoms with Crippen molar-refractivity contribution in [2.75, 3.05) is 13.7 Å². The highest BCUT2D eigenvalue weighted by atomic mass is 16.5. The summed E-state index contributed by atoms with van der Waals surface area (Å²) in [6, 6.07) is 6.95. The van der Waals surface area contributed by atoms with Crippen LogP contribution in [0.25, 0.3) is 0 Å². The summed E-state index contributed by atoms with van der Waals surface area (Å²) in [5, 5.41) is 33.4. The zero-order chi connectivity index (χ0) is 22.9. The van der Waals surface area contributed by atoms with Gasteiger partial charge >= 0.3 is 5.97 Å². The number of aliphatic hydroxyl groups is 2. The molecular formula is C23H29N3O5. The van der Waals surface area contributed by atoms with Gasteiger partial charge in [-0.2, -0.15) is 5.26 Å². The van der Waals surface area contributed by atoms with Crippen LogP contribution in [0.2, 0.25) is 0 Å². The highest BCUT2D eigenvalue weighted by Gasteiger charge is 2.49. The molecule has 1 aromatic carbocycles. The number of methoxy groups -OCH3 is 1. The minimum atomic E-state index is -1.30. The molecular weight excluding hydrogens is 398 g/mol. The van der Waals surface area contributed by atoms with Crippen molar-refractivity contribution in [3.05, 3.63) is 46.2 Å². The molecule has 1 fully saturated rings. The second-order valence-corrected chi connectivity index (χ2v) is 8.81. The van der Waals surface area contributed by atoms with E-state index >= 15 is 0 Å². The van der Waals surface area contributed by atoms with Crippen LogP contribution in [0.3, 0.4) is 0 Å². The molecule has 3 N–H and O–H groups in total. The van der Waals surface area contributed by atoms with E-state index in [-0.39, 0.29) is 36.3 Å². The maximum atomic E-state index is 13.7. The first-order chi connectivity index (χ1) is 14.6. The lowest BCUT2D eigenvalue weighted by Crippen LogP contribution is -2.58. The molecule has 0 bridgehead atoms. The molecule has 2 unspecified atom stereocenters. The average Bonchev–Trinajstić information content (AvgIpc) is 3.47. The number of carbonyl (C=O) groups is 2. The van der Waals surface area contributed by atoms with Crippen LogP contribution >= 0.6 is 0 Å². The van der Waals surface area contributed by atoms with Gasteiger partial charge in [-0.25, -0.2) is 5.32 Å². The number of carbonyl (C=O) groups excluding carboxylic acids is 2. The molecule has 0 spiro atoms. The SMILES string of the molecule is COC(=O)CC1(CN2C(C(=O)c3cc(C)cc(C#N)c3)=C(C(C)C)C(O)NC2O)CC1. The van der Waals surface area contributed by atoms with E-state index in [4.69, 9.17) is 4.74 Å². The largest absolute Gasteiger partial charge is 0.469 e. The van der Waals surface area contributed by atoms with E-state index in [1.54, 1.807) is 19.1 Å². The average molecular weight is 428 g/mol. The van der Waals surface area contributed by atoms with E-state index in [9.17, 15) is 25.1 Å². The van der Waals surface area contributed by atoms with Crippen molar-refractivity contribution < 1.29 is 24.5 Å². The van der Waals surface area contributed by atoms with Crippen LogP contribution in [0, 0.1) is 29.6 Å². The molecule has 1 aliphatic heterocycles. The highest BCUT2D eigenvalue weighted by molar-refractivity contribution is 6.09. The van der Waals surface area contributed by atoms with Crippen LogP contribution in [0.1, 0.15) is 54.6 Å². The Morgan fingerprint density at radius 3 is 2.55 bits per heavy atom. The number of allylic oxidation sites excluding steroid dienone is 1. The predicted molar refractivity (Wildman–Crippen MR) is 112 cm³/mol. The Morgan fingerprint density at radius 1 is 1.32 bits per heavy atom. The zero-order valence-corrected chi connectivity index (χ0v) is 18.3. The Balaban J connectivity index is 2.07. The number of Topliss-reactive ketones (excluding diaryl/α,β-unsaturated/α-hetero) is 1. The molecule has 0 amide bonds. The first kappa shape index (κ1) is 22.9. The molecule has 0 aromatic heterocycles. The van der Waals surface area contributed by atoms with Crippen LogP contribution in [0.4, 0.5) is 0 Å². The summed E-state index contributed by atoms with van der Waals surface area (Å²) in [5.41, 5.74) is 1.72. The van der Waals surface area contributed by atoms with Gasteiger partial charge in [-0.15, -0.1) is 0 Å². The topological polar surface area (TPSA) is 123 Å². The Hall–Kier alpha value is -2.73. The number of ketones is 1. The van der Waals surface area contributed by atoms with Crippen LogP contribution in [0.5, 0.6) is 0 Å². The van der Waals surface area contributed by atoms with Crippen LogP contribution in [-0.2, 0) is 9.53 Å². The number of aryl methyl sites for hydroxylation is 1. The van der Waals surface area contributed by atoms with Crippen LogP contribution in [0.15, 0.2) is 29.5 Å². The summed E-state index contributed by atoms with van der Waals surface area (Å²) in [5.74, 6) is -0.903. The van der Waals surface area contributed by atoms with E-state index in [1.165, 1.54) is 18.1 Å². The van der Waals surface area contributed by atoms with Gasteiger partial charge in [0.05, 0.1) is 30.9 Å². The first-order valence-corrected chi connectivity index (χ1v) is 10.4. The van der Waals surface area contributed by atoms with Crippen LogP contribution < -0.4 is 5.32 Å². The smallest absolute Gasteiger partial charge is 0.306 e. The normalized spacial score (nSPS) is 22.3. The van der Waals surface area contributed by atoms with Gasteiger partial charge in [0.2, 0.25) is 5.78 Å². The van der Waals surface area contributed by atoms with Gasteiger partial charge in [-0.05, 0) is 54.9 Å². The van der Waals surface area contributed by atoms with Crippen molar-refractivity contribution in [3.63, 3.8) is 0 Å². The lowest BCUT2D eigenvalue weighted by Gasteiger charge is -2.42. The number of hydrogen-bond donors (Lipinski definition) is 3. The Bertz CT molecular complexity index is 958. The molecule has 166 valence electrons. The molecule has 1 aromatic rings. The van der Waals surface area contributed by atoms with Gasteiger partial charge in [0.25, 0.3) is 0 Å². The molecule has 2 aliphatic rings. The number of ether oxygens (including phenoxy) is 1. The molecule has 31 heavy (non-hydrogen) atoms. The Morgan fingerprint density at radius 2 is 2.00 bits per heavy atom. The van der Waals surface area contributed by atoms with Crippen molar-refractivity contribution in [3.8, 4) is 6.07 Å². The fourth-order valence-electron chi connectivity index (χ4n) is 4.18. The zero-order valence-electron chi connectivity index (χ0n) is 18.3. The molecule has 8 nitrogen and oxygen atoms in total. The molecule has 1 saturated carbocycles. The maximum Gasteiger partial charge on any atom is 0.306 e. The van der Waals surface area contributed by atoms with E-state index in [0.717, 1.165) is 18.4 Å². The number of nitrogens with one attached hydrogen (secondary N) is 1. The third-order valence-electron chi connectivity index (χ3n) is 5.97. The Labute approximate surface area is 182 Å². The third kappa shape index (κ3) is 4.79. The van der Waals surface area contributed by atoms with Crippen molar-refractivity contribution in [2.45, 2.75) is 52.6 Å². The van der Waals surface area contributed by atoms with Gasteiger partial charge < -0.3 is 19.8 Å². The number of nitriles is 1. The molecule has 0 saturated heterocycles. The molecule has 3 rings (SSSR count).